The zero-order valence-corrected chi connectivity index (χ0v) is 10.1. The van der Waals surface area contributed by atoms with Crippen molar-refractivity contribution in [1.29, 1.82) is 0 Å². The van der Waals surface area contributed by atoms with Crippen LogP contribution in [0.4, 0.5) is 13.2 Å². The molecule has 1 heterocycles. The maximum atomic E-state index is 12.3. The van der Waals surface area contributed by atoms with E-state index in [9.17, 15) is 18.0 Å². The summed E-state index contributed by atoms with van der Waals surface area (Å²) in [6.07, 6.45) is -4.81. The van der Waals surface area contributed by atoms with Crippen LogP contribution in [-0.2, 0) is 0 Å². The third-order valence-electron chi connectivity index (χ3n) is 2.54. The number of methoxy groups -OCH3 is 1. The monoisotopic (exact) mass is 273 g/mol. The minimum atomic E-state index is -4.81. The predicted octanol–water partition coefficient (Wildman–Crippen LogP) is 2.74. The molecule has 0 bridgehead atoms. The zero-order chi connectivity index (χ0) is 14.2. The molecule has 0 aliphatic heterocycles. The van der Waals surface area contributed by atoms with Crippen molar-refractivity contribution in [3.8, 4) is 11.5 Å². The van der Waals surface area contributed by atoms with Gasteiger partial charge in [-0.1, -0.05) is 0 Å². The molecule has 0 radical (unpaired) electrons. The number of nitrogens with one attached hydrogen (secondary N) is 1. The molecule has 0 fully saturated rings. The van der Waals surface area contributed by atoms with Crippen molar-refractivity contribution in [2.24, 2.45) is 0 Å². The number of alkyl halides is 3. The first-order chi connectivity index (χ1) is 8.80. The topological polar surface area (TPSA) is 51.3 Å². The zero-order valence-electron chi connectivity index (χ0n) is 10.1. The average molecular weight is 273 g/mol. The summed E-state index contributed by atoms with van der Waals surface area (Å²) in [6, 6.07) is 3.94. The number of fused-ring (bicyclic) bond motifs is 1. The molecule has 0 amide bonds. The van der Waals surface area contributed by atoms with Crippen LogP contribution in [0.3, 0.4) is 0 Å². The number of aryl methyl sites for hydroxylation is 1. The predicted molar refractivity (Wildman–Crippen MR) is 62.5 cm³/mol. The molecule has 0 saturated heterocycles. The van der Waals surface area contributed by atoms with Crippen molar-refractivity contribution in [2.75, 3.05) is 7.11 Å². The van der Waals surface area contributed by atoms with E-state index in [2.05, 4.69) is 9.72 Å². The van der Waals surface area contributed by atoms with Gasteiger partial charge in [-0.15, -0.1) is 13.2 Å². The smallest absolute Gasteiger partial charge is 0.493 e. The Hall–Kier alpha value is -2.18. The fourth-order valence-electron chi connectivity index (χ4n) is 1.69. The number of pyridine rings is 1. The van der Waals surface area contributed by atoms with Gasteiger partial charge in [-0.2, -0.15) is 0 Å². The quantitative estimate of drug-likeness (QED) is 0.915. The lowest BCUT2D eigenvalue weighted by molar-refractivity contribution is -0.275. The molecular formula is C12H10F3NO3. The fourth-order valence-corrected chi connectivity index (χ4v) is 1.69. The number of hydrogen-bond acceptors (Lipinski definition) is 3. The Balaban J connectivity index is 2.64. The lowest BCUT2D eigenvalue weighted by Crippen LogP contribution is -2.17. The van der Waals surface area contributed by atoms with Crippen LogP contribution < -0.4 is 15.0 Å². The highest BCUT2D eigenvalue weighted by Crippen LogP contribution is 2.35. The highest BCUT2D eigenvalue weighted by Gasteiger charge is 2.32. The molecule has 1 N–H and O–H groups in total. The minimum Gasteiger partial charge on any atom is -0.493 e. The first-order valence-corrected chi connectivity index (χ1v) is 5.27. The molecule has 2 rings (SSSR count). The van der Waals surface area contributed by atoms with Gasteiger partial charge in [0, 0.05) is 17.0 Å². The molecule has 4 nitrogen and oxygen atoms in total. The molecule has 7 heteroatoms. The average Bonchev–Trinajstić information content (AvgIpc) is 2.28. The Bertz CT molecular complexity index is 676. The fraction of sp³-hybridized carbons (Fsp3) is 0.250. The molecule has 1 aromatic heterocycles. The van der Waals surface area contributed by atoms with E-state index < -0.39 is 12.1 Å². The van der Waals surface area contributed by atoms with E-state index in [1.54, 1.807) is 6.92 Å². The summed E-state index contributed by atoms with van der Waals surface area (Å²) in [5, 5.41) is 0.428. The molecule has 0 atom stereocenters. The number of hydrogen-bond donors (Lipinski definition) is 1. The normalized spacial score (nSPS) is 11.6. The molecule has 19 heavy (non-hydrogen) atoms. The number of benzene rings is 1. The van der Waals surface area contributed by atoms with E-state index in [1.807, 2.05) is 0 Å². The summed E-state index contributed by atoms with van der Waals surface area (Å²) in [6.45, 7) is 1.56. The first-order valence-electron chi connectivity index (χ1n) is 5.27. The Morgan fingerprint density at radius 1 is 1.16 bits per heavy atom. The number of ether oxygens (including phenoxy) is 2. The summed E-state index contributed by atoms with van der Waals surface area (Å²) in [4.78, 5) is 14.0. The molecule has 0 spiro atoms. The van der Waals surface area contributed by atoms with Gasteiger partial charge >= 0.3 is 6.36 Å². The van der Waals surface area contributed by atoms with Crippen LogP contribution in [0.25, 0.3) is 10.9 Å². The van der Waals surface area contributed by atoms with Crippen molar-refractivity contribution in [1.82, 2.24) is 4.98 Å². The van der Waals surface area contributed by atoms with Gasteiger partial charge in [0.1, 0.15) is 0 Å². The van der Waals surface area contributed by atoms with Crippen LogP contribution in [0.2, 0.25) is 0 Å². The number of halogens is 3. The Morgan fingerprint density at radius 2 is 1.84 bits per heavy atom. The maximum Gasteiger partial charge on any atom is 0.573 e. The second-order valence-electron chi connectivity index (χ2n) is 3.92. The van der Waals surface area contributed by atoms with Gasteiger partial charge in [0.2, 0.25) is 0 Å². The summed E-state index contributed by atoms with van der Waals surface area (Å²) in [5.74, 6) is -0.557. The van der Waals surface area contributed by atoms with Crippen molar-refractivity contribution in [3.63, 3.8) is 0 Å². The molecular weight excluding hydrogens is 263 g/mol. The van der Waals surface area contributed by atoms with E-state index in [0.29, 0.717) is 16.5 Å². The minimum absolute atomic E-state index is 0.107. The van der Waals surface area contributed by atoms with Crippen LogP contribution in [0.15, 0.2) is 23.0 Å². The second kappa shape index (κ2) is 4.49. The van der Waals surface area contributed by atoms with Crippen LogP contribution in [0.5, 0.6) is 11.5 Å². The van der Waals surface area contributed by atoms with E-state index in [0.717, 1.165) is 0 Å². The van der Waals surface area contributed by atoms with Crippen LogP contribution >= 0.6 is 0 Å². The summed E-state index contributed by atoms with van der Waals surface area (Å²) in [5.41, 5.74) is 0.469. The van der Waals surface area contributed by atoms with Crippen molar-refractivity contribution in [3.05, 3.63) is 34.1 Å². The van der Waals surface area contributed by atoms with E-state index in [-0.39, 0.29) is 11.3 Å². The molecule has 0 saturated carbocycles. The van der Waals surface area contributed by atoms with E-state index >= 15 is 0 Å². The lowest BCUT2D eigenvalue weighted by atomic mass is 10.1. The number of H-pyrrole nitrogens is 1. The molecule has 102 valence electrons. The van der Waals surface area contributed by atoms with Gasteiger partial charge in [0.15, 0.2) is 11.5 Å². The van der Waals surface area contributed by atoms with Crippen molar-refractivity contribution >= 4 is 10.9 Å². The van der Waals surface area contributed by atoms with E-state index in [4.69, 9.17) is 4.74 Å². The van der Waals surface area contributed by atoms with Gasteiger partial charge in [-0.3, -0.25) is 4.79 Å². The van der Waals surface area contributed by atoms with Gasteiger partial charge in [-0.05, 0) is 19.1 Å². The Morgan fingerprint density at radius 3 is 2.42 bits per heavy atom. The largest absolute Gasteiger partial charge is 0.573 e. The summed E-state index contributed by atoms with van der Waals surface area (Å²) in [7, 11) is 1.22. The molecule has 2 aromatic rings. The SMILES string of the molecule is COc1cc2[nH]c(=O)c(C)cc2cc1OC(F)(F)F. The van der Waals surface area contributed by atoms with Gasteiger partial charge in [0.25, 0.3) is 5.56 Å². The van der Waals surface area contributed by atoms with Crippen LogP contribution in [0, 0.1) is 6.92 Å². The van der Waals surface area contributed by atoms with Crippen molar-refractivity contribution in [2.45, 2.75) is 13.3 Å². The molecule has 0 aliphatic rings. The summed E-state index contributed by atoms with van der Waals surface area (Å²) < 4.78 is 45.5. The van der Waals surface area contributed by atoms with Crippen LogP contribution in [0.1, 0.15) is 5.56 Å². The number of aromatic nitrogens is 1. The van der Waals surface area contributed by atoms with Crippen molar-refractivity contribution < 1.29 is 22.6 Å². The van der Waals surface area contributed by atoms with E-state index in [1.165, 1.54) is 25.3 Å². The lowest BCUT2D eigenvalue weighted by Gasteiger charge is -2.13. The highest BCUT2D eigenvalue weighted by molar-refractivity contribution is 5.83. The Labute approximate surface area is 105 Å². The highest BCUT2D eigenvalue weighted by atomic mass is 19.4. The molecule has 1 aromatic carbocycles. The third-order valence-corrected chi connectivity index (χ3v) is 2.54. The van der Waals surface area contributed by atoms with Crippen LogP contribution in [-0.4, -0.2) is 18.5 Å². The standard InChI is InChI=1S/C12H10F3NO3/c1-6-3-7-4-10(19-12(13,14)15)9(18-2)5-8(7)16-11(6)17/h3-5H,1-2H3,(H,16,17). The second-order valence-corrected chi connectivity index (χ2v) is 3.92. The first kappa shape index (κ1) is 13.3. The molecule has 0 unspecified atom stereocenters. The van der Waals surface area contributed by atoms with Gasteiger partial charge < -0.3 is 14.5 Å². The Kier molecular flexibility index (Phi) is 3.13. The number of rotatable bonds is 2. The number of aromatic amines is 1. The van der Waals surface area contributed by atoms with Gasteiger partial charge in [-0.25, -0.2) is 0 Å². The van der Waals surface area contributed by atoms with Gasteiger partial charge in [0.05, 0.1) is 12.6 Å². The third kappa shape index (κ3) is 2.81. The molecule has 0 aliphatic carbocycles. The maximum absolute atomic E-state index is 12.3. The summed E-state index contributed by atoms with van der Waals surface area (Å²) >= 11 is 0.